The molecule has 1 aromatic rings. The van der Waals surface area contributed by atoms with E-state index in [4.69, 9.17) is 4.74 Å². The number of rotatable bonds is 8. The summed E-state index contributed by atoms with van der Waals surface area (Å²) in [5.41, 5.74) is 0.958. The van der Waals surface area contributed by atoms with Crippen molar-refractivity contribution in [2.75, 3.05) is 0 Å². The van der Waals surface area contributed by atoms with Gasteiger partial charge in [-0.3, -0.25) is 4.79 Å². The summed E-state index contributed by atoms with van der Waals surface area (Å²) in [6, 6.07) is 9.78. The molecule has 0 bridgehead atoms. The molecular weight excluding hydrogens is 292 g/mol. The minimum Gasteiger partial charge on any atom is -0.507 e. The molecular formula is C19H24O4. The van der Waals surface area contributed by atoms with Crippen LogP contribution in [0.2, 0.25) is 0 Å². The van der Waals surface area contributed by atoms with Crippen LogP contribution in [0.25, 0.3) is 0 Å². The maximum atomic E-state index is 12.4. The Morgan fingerprint density at radius 1 is 1.30 bits per heavy atom. The molecule has 4 nitrogen and oxygen atoms in total. The summed E-state index contributed by atoms with van der Waals surface area (Å²) >= 11 is 0. The lowest BCUT2D eigenvalue weighted by atomic mass is 9.93. The quantitative estimate of drug-likeness (QED) is 0.586. The van der Waals surface area contributed by atoms with Gasteiger partial charge < -0.3 is 9.84 Å². The van der Waals surface area contributed by atoms with Gasteiger partial charge in [0, 0.05) is 5.92 Å². The van der Waals surface area contributed by atoms with Crippen molar-refractivity contribution in [1.82, 2.24) is 0 Å². The second kappa shape index (κ2) is 7.95. The van der Waals surface area contributed by atoms with Crippen LogP contribution in [-0.4, -0.2) is 23.0 Å². The molecule has 1 aliphatic rings. The van der Waals surface area contributed by atoms with Gasteiger partial charge in [-0.05, 0) is 24.8 Å². The summed E-state index contributed by atoms with van der Waals surface area (Å²) in [6.07, 6.45) is 3.08. The van der Waals surface area contributed by atoms with Crippen molar-refractivity contribution in [2.24, 2.45) is 5.92 Å². The molecule has 124 valence electrons. The number of unbranched alkanes of at least 4 members (excludes halogenated alkanes) is 1. The molecule has 4 heteroatoms. The molecule has 0 radical (unpaired) electrons. The predicted octanol–water partition coefficient (Wildman–Crippen LogP) is 3.75. The standard InChI is InChI=1S/C19H24O4/c1-3-4-8-13(2)17(20)16-18(21)15(23-19(16)22)12-11-14-9-6-5-7-10-14/h5-7,9-10,13,15,21H,3-4,8,11-12H2,1-2H3/t13-,15+/m1/s1. The molecule has 0 aliphatic carbocycles. The maximum absolute atomic E-state index is 12.4. The Morgan fingerprint density at radius 2 is 2.00 bits per heavy atom. The number of esters is 1. The van der Waals surface area contributed by atoms with Crippen molar-refractivity contribution in [2.45, 2.75) is 52.1 Å². The molecule has 1 aromatic carbocycles. The number of aliphatic hydroxyl groups is 1. The first-order chi connectivity index (χ1) is 11.0. The Morgan fingerprint density at radius 3 is 2.65 bits per heavy atom. The van der Waals surface area contributed by atoms with E-state index in [0.717, 1.165) is 18.4 Å². The predicted molar refractivity (Wildman–Crippen MR) is 88.0 cm³/mol. The number of ether oxygens (including phenoxy) is 1. The van der Waals surface area contributed by atoms with Crippen LogP contribution in [0.4, 0.5) is 0 Å². The highest BCUT2D eigenvalue weighted by Crippen LogP contribution is 2.28. The Hall–Kier alpha value is -2.10. The zero-order valence-electron chi connectivity index (χ0n) is 13.7. The Labute approximate surface area is 137 Å². The SMILES string of the molecule is CCCC[C@@H](C)C(=O)C1=C(O)[C@H](CCc2ccccc2)OC1=O. The molecule has 0 unspecified atom stereocenters. The van der Waals surface area contributed by atoms with E-state index in [1.54, 1.807) is 6.92 Å². The average Bonchev–Trinajstić information content (AvgIpc) is 2.85. The number of cyclic esters (lactones) is 1. The van der Waals surface area contributed by atoms with Crippen LogP contribution in [0.1, 0.15) is 45.1 Å². The third-order valence-electron chi connectivity index (χ3n) is 4.24. The summed E-state index contributed by atoms with van der Waals surface area (Å²) in [4.78, 5) is 24.3. The molecule has 2 atom stereocenters. The van der Waals surface area contributed by atoms with Crippen LogP contribution >= 0.6 is 0 Å². The zero-order valence-corrected chi connectivity index (χ0v) is 13.7. The number of hydrogen-bond acceptors (Lipinski definition) is 4. The fraction of sp³-hybridized carbons (Fsp3) is 0.474. The number of carbonyl (C=O) groups is 2. The normalized spacial score (nSPS) is 18.9. The van der Waals surface area contributed by atoms with Gasteiger partial charge in [-0.2, -0.15) is 0 Å². The number of ketones is 1. The van der Waals surface area contributed by atoms with E-state index in [9.17, 15) is 14.7 Å². The average molecular weight is 316 g/mol. The van der Waals surface area contributed by atoms with Gasteiger partial charge in [0.15, 0.2) is 17.6 Å². The van der Waals surface area contributed by atoms with E-state index in [2.05, 4.69) is 6.92 Å². The van der Waals surface area contributed by atoms with Crippen LogP contribution in [0, 0.1) is 5.92 Å². The summed E-state index contributed by atoms with van der Waals surface area (Å²) < 4.78 is 5.20. The molecule has 1 N–H and O–H groups in total. The first kappa shape index (κ1) is 17.3. The van der Waals surface area contributed by atoms with E-state index < -0.39 is 12.1 Å². The highest BCUT2D eigenvalue weighted by atomic mass is 16.6. The summed E-state index contributed by atoms with van der Waals surface area (Å²) in [5.74, 6) is -1.45. The summed E-state index contributed by atoms with van der Waals surface area (Å²) in [6.45, 7) is 3.85. The first-order valence-electron chi connectivity index (χ1n) is 8.26. The van der Waals surface area contributed by atoms with Gasteiger partial charge in [0.1, 0.15) is 5.57 Å². The minimum absolute atomic E-state index is 0.147. The van der Waals surface area contributed by atoms with Crippen molar-refractivity contribution in [1.29, 1.82) is 0 Å². The van der Waals surface area contributed by atoms with Crippen molar-refractivity contribution in [3.05, 3.63) is 47.2 Å². The molecule has 0 amide bonds. The first-order valence-corrected chi connectivity index (χ1v) is 8.26. The van der Waals surface area contributed by atoms with Crippen LogP contribution in [0.5, 0.6) is 0 Å². The van der Waals surface area contributed by atoms with E-state index in [0.29, 0.717) is 19.3 Å². The minimum atomic E-state index is -0.708. The van der Waals surface area contributed by atoms with Crippen LogP contribution < -0.4 is 0 Å². The van der Waals surface area contributed by atoms with Crippen molar-refractivity contribution >= 4 is 11.8 Å². The number of benzene rings is 1. The van der Waals surface area contributed by atoms with E-state index in [1.165, 1.54) is 0 Å². The molecule has 2 rings (SSSR count). The topological polar surface area (TPSA) is 63.6 Å². The molecule has 0 saturated heterocycles. The van der Waals surface area contributed by atoms with Gasteiger partial charge in [0.05, 0.1) is 0 Å². The number of aryl methyl sites for hydroxylation is 1. The zero-order chi connectivity index (χ0) is 16.8. The van der Waals surface area contributed by atoms with E-state index >= 15 is 0 Å². The molecule has 0 spiro atoms. The fourth-order valence-electron chi connectivity index (χ4n) is 2.76. The smallest absolute Gasteiger partial charge is 0.346 e. The van der Waals surface area contributed by atoms with Crippen molar-refractivity contribution in [3.8, 4) is 0 Å². The van der Waals surface area contributed by atoms with Crippen LogP contribution in [0.15, 0.2) is 41.7 Å². The summed E-state index contributed by atoms with van der Waals surface area (Å²) in [5, 5.41) is 10.3. The van der Waals surface area contributed by atoms with Crippen molar-refractivity contribution < 1.29 is 19.4 Å². The molecule has 1 heterocycles. The Balaban J connectivity index is 2.03. The van der Waals surface area contributed by atoms with Gasteiger partial charge in [-0.25, -0.2) is 4.79 Å². The second-order valence-electron chi connectivity index (χ2n) is 6.09. The number of carbonyl (C=O) groups excluding carboxylic acids is 2. The molecule has 0 fully saturated rings. The Kier molecular flexibility index (Phi) is 5.97. The lowest BCUT2D eigenvalue weighted by Gasteiger charge is -2.10. The monoisotopic (exact) mass is 316 g/mol. The van der Waals surface area contributed by atoms with Crippen molar-refractivity contribution in [3.63, 3.8) is 0 Å². The lowest BCUT2D eigenvalue weighted by Crippen LogP contribution is -2.18. The van der Waals surface area contributed by atoms with Crippen LogP contribution in [0.3, 0.4) is 0 Å². The molecule has 0 aromatic heterocycles. The largest absolute Gasteiger partial charge is 0.507 e. The van der Waals surface area contributed by atoms with Gasteiger partial charge in [-0.15, -0.1) is 0 Å². The van der Waals surface area contributed by atoms with Crippen LogP contribution in [-0.2, 0) is 20.7 Å². The Bertz CT molecular complexity index is 589. The van der Waals surface area contributed by atoms with Gasteiger partial charge in [-0.1, -0.05) is 57.0 Å². The number of Topliss-reactive ketones (excluding diaryl/α,β-unsaturated/α-hetero) is 1. The highest BCUT2D eigenvalue weighted by Gasteiger charge is 2.39. The molecule has 1 aliphatic heterocycles. The molecule has 0 saturated carbocycles. The fourth-order valence-corrected chi connectivity index (χ4v) is 2.76. The maximum Gasteiger partial charge on any atom is 0.346 e. The van der Waals surface area contributed by atoms with Gasteiger partial charge in [0.25, 0.3) is 0 Å². The second-order valence-corrected chi connectivity index (χ2v) is 6.09. The third kappa shape index (κ3) is 4.21. The molecule has 23 heavy (non-hydrogen) atoms. The summed E-state index contributed by atoms with van der Waals surface area (Å²) in [7, 11) is 0. The lowest BCUT2D eigenvalue weighted by molar-refractivity contribution is -0.141. The van der Waals surface area contributed by atoms with Gasteiger partial charge in [0.2, 0.25) is 0 Å². The third-order valence-corrected chi connectivity index (χ3v) is 4.24. The van der Waals surface area contributed by atoms with Gasteiger partial charge >= 0.3 is 5.97 Å². The van der Waals surface area contributed by atoms with E-state index in [-0.39, 0.29) is 23.0 Å². The number of aliphatic hydroxyl groups excluding tert-OH is 1. The number of hydrogen-bond donors (Lipinski definition) is 1. The highest BCUT2D eigenvalue weighted by molar-refractivity contribution is 6.19. The van der Waals surface area contributed by atoms with E-state index in [1.807, 2.05) is 30.3 Å².